The van der Waals surface area contributed by atoms with Crippen LogP contribution in [0.15, 0.2) is 51.7 Å². The lowest BCUT2D eigenvalue weighted by Crippen LogP contribution is -2.22. The Kier molecular flexibility index (Phi) is 4.00. The highest BCUT2D eigenvalue weighted by molar-refractivity contribution is 9.10. The molecule has 1 N–H and O–H groups in total. The molecule has 7 heteroatoms. The minimum absolute atomic E-state index is 0.164. The number of halogens is 1. The number of hydrogen-bond donors (Lipinski definition) is 1. The van der Waals surface area contributed by atoms with E-state index in [9.17, 15) is 4.79 Å². The molecule has 6 nitrogen and oxygen atoms in total. The molecule has 3 rings (SSSR count). The van der Waals surface area contributed by atoms with Gasteiger partial charge in [-0.25, -0.2) is 9.55 Å². The lowest BCUT2D eigenvalue weighted by molar-refractivity contribution is 0.414. The van der Waals surface area contributed by atoms with Gasteiger partial charge in [0.25, 0.3) is 5.56 Å². The summed E-state index contributed by atoms with van der Waals surface area (Å²) < 4.78 is 7.26. The van der Waals surface area contributed by atoms with Crippen LogP contribution in [0, 0.1) is 11.5 Å². The molecular weight excluding hydrogens is 360 g/mol. The van der Waals surface area contributed by atoms with E-state index in [4.69, 9.17) is 10.00 Å². The first kappa shape index (κ1) is 15.1. The zero-order valence-electron chi connectivity index (χ0n) is 12.1. The van der Waals surface area contributed by atoms with Crippen molar-refractivity contribution in [2.75, 3.05) is 12.4 Å². The predicted octanol–water partition coefficient (Wildman–Crippen LogP) is 3.05. The number of nitriles is 1. The Balaban J connectivity index is 2.32. The fraction of sp³-hybridized carbons (Fsp3) is 0.0625. The highest BCUT2D eigenvalue weighted by Gasteiger charge is 2.13. The monoisotopic (exact) mass is 370 g/mol. The number of rotatable bonds is 3. The van der Waals surface area contributed by atoms with Crippen molar-refractivity contribution in [3.63, 3.8) is 0 Å². The maximum Gasteiger partial charge on any atom is 0.267 e. The van der Waals surface area contributed by atoms with Crippen molar-refractivity contribution in [3.05, 3.63) is 57.3 Å². The molecule has 23 heavy (non-hydrogen) atoms. The first-order chi connectivity index (χ1) is 11.1. The van der Waals surface area contributed by atoms with Gasteiger partial charge in [0.05, 0.1) is 23.7 Å². The SMILES string of the molecule is COc1ccc(-n2c(NC#N)nc3ccc(Br)cc3c2=O)cc1. The van der Waals surface area contributed by atoms with E-state index >= 15 is 0 Å². The summed E-state index contributed by atoms with van der Waals surface area (Å²) in [5.41, 5.74) is 0.836. The van der Waals surface area contributed by atoms with E-state index in [-0.39, 0.29) is 11.5 Å². The van der Waals surface area contributed by atoms with Crippen LogP contribution in [0.3, 0.4) is 0 Å². The van der Waals surface area contributed by atoms with E-state index in [1.54, 1.807) is 49.6 Å². The molecule has 0 spiro atoms. The van der Waals surface area contributed by atoms with Crippen molar-refractivity contribution in [3.8, 4) is 17.6 Å². The van der Waals surface area contributed by atoms with Crippen LogP contribution in [0.5, 0.6) is 5.75 Å². The number of nitrogens with one attached hydrogen (secondary N) is 1. The van der Waals surface area contributed by atoms with Gasteiger partial charge < -0.3 is 4.74 Å². The quantitative estimate of drug-likeness (QED) is 0.566. The summed E-state index contributed by atoms with van der Waals surface area (Å²) in [5.74, 6) is 0.838. The Morgan fingerprint density at radius 3 is 2.65 bits per heavy atom. The van der Waals surface area contributed by atoms with E-state index in [1.807, 2.05) is 6.19 Å². The molecule has 1 heterocycles. The molecule has 0 unspecified atom stereocenters. The molecule has 0 amide bonds. The predicted molar refractivity (Wildman–Crippen MR) is 90.8 cm³/mol. The summed E-state index contributed by atoms with van der Waals surface area (Å²) in [5, 5.41) is 11.9. The van der Waals surface area contributed by atoms with Gasteiger partial charge in [0, 0.05) is 4.47 Å². The van der Waals surface area contributed by atoms with Gasteiger partial charge in [0.15, 0.2) is 6.19 Å². The van der Waals surface area contributed by atoms with Gasteiger partial charge in [-0.05, 0) is 42.5 Å². The Labute approximate surface area is 140 Å². The number of ether oxygens (including phenoxy) is 1. The van der Waals surface area contributed by atoms with Gasteiger partial charge in [-0.1, -0.05) is 15.9 Å². The van der Waals surface area contributed by atoms with Gasteiger partial charge in [-0.15, -0.1) is 0 Å². The van der Waals surface area contributed by atoms with Crippen LogP contribution < -0.4 is 15.6 Å². The number of hydrogen-bond acceptors (Lipinski definition) is 5. The normalized spacial score (nSPS) is 10.3. The third-order valence-corrected chi connectivity index (χ3v) is 3.82. The third kappa shape index (κ3) is 2.76. The molecule has 0 fully saturated rings. The molecule has 0 saturated heterocycles. The van der Waals surface area contributed by atoms with Gasteiger partial charge in [0.1, 0.15) is 5.75 Å². The highest BCUT2D eigenvalue weighted by atomic mass is 79.9. The zero-order chi connectivity index (χ0) is 16.4. The van der Waals surface area contributed by atoms with E-state index < -0.39 is 0 Å². The molecule has 0 atom stereocenters. The number of methoxy groups -OCH3 is 1. The lowest BCUT2D eigenvalue weighted by atomic mass is 10.2. The summed E-state index contributed by atoms with van der Waals surface area (Å²) in [6.07, 6.45) is 1.81. The van der Waals surface area contributed by atoms with Crippen molar-refractivity contribution >= 4 is 32.8 Å². The van der Waals surface area contributed by atoms with Gasteiger partial charge in [-0.3, -0.25) is 10.1 Å². The minimum Gasteiger partial charge on any atom is -0.497 e. The van der Waals surface area contributed by atoms with E-state index in [0.717, 1.165) is 4.47 Å². The van der Waals surface area contributed by atoms with Crippen molar-refractivity contribution in [2.45, 2.75) is 0 Å². The molecule has 0 saturated carbocycles. The first-order valence-corrected chi connectivity index (χ1v) is 7.45. The molecule has 0 aliphatic rings. The second-order valence-corrected chi connectivity index (χ2v) is 5.59. The topological polar surface area (TPSA) is 79.9 Å². The Hall–Kier alpha value is -2.85. The summed E-state index contributed by atoms with van der Waals surface area (Å²) in [4.78, 5) is 17.2. The van der Waals surface area contributed by atoms with Crippen LogP contribution in [0.2, 0.25) is 0 Å². The van der Waals surface area contributed by atoms with Gasteiger partial charge in [0.2, 0.25) is 5.95 Å². The highest BCUT2D eigenvalue weighted by Crippen LogP contribution is 2.21. The van der Waals surface area contributed by atoms with Crippen LogP contribution in [-0.4, -0.2) is 16.7 Å². The Bertz CT molecular complexity index is 974. The van der Waals surface area contributed by atoms with Crippen molar-refractivity contribution < 1.29 is 4.74 Å². The largest absolute Gasteiger partial charge is 0.497 e. The summed E-state index contributed by atoms with van der Waals surface area (Å²) >= 11 is 3.36. The molecule has 1 aromatic heterocycles. The molecule has 3 aromatic rings. The van der Waals surface area contributed by atoms with Crippen LogP contribution in [0.4, 0.5) is 5.95 Å². The summed E-state index contributed by atoms with van der Waals surface area (Å²) in [6.45, 7) is 0. The number of anilines is 1. The van der Waals surface area contributed by atoms with Crippen molar-refractivity contribution in [1.29, 1.82) is 5.26 Å². The fourth-order valence-corrected chi connectivity index (χ4v) is 2.62. The molecule has 0 aliphatic heterocycles. The van der Waals surface area contributed by atoms with E-state index in [0.29, 0.717) is 22.3 Å². The fourth-order valence-electron chi connectivity index (χ4n) is 2.26. The summed E-state index contributed by atoms with van der Waals surface area (Å²) in [7, 11) is 1.57. The second-order valence-electron chi connectivity index (χ2n) is 4.67. The second kappa shape index (κ2) is 6.10. The average molecular weight is 371 g/mol. The number of nitrogens with zero attached hydrogens (tertiary/aromatic N) is 3. The molecule has 2 aromatic carbocycles. The van der Waals surface area contributed by atoms with Crippen LogP contribution >= 0.6 is 15.9 Å². The van der Waals surface area contributed by atoms with Crippen molar-refractivity contribution in [2.24, 2.45) is 0 Å². The standard InChI is InChI=1S/C16H11BrN4O2/c1-23-12-5-3-11(4-6-12)21-15(22)13-8-10(17)2-7-14(13)20-16(21)19-9-18/h2-8H,1H3,(H,19,20). The van der Waals surface area contributed by atoms with Gasteiger partial charge >= 0.3 is 0 Å². The number of benzene rings is 2. The number of aromatic nitrogens is 2. The zero-order valence-corrected chi connectivity index (χ0v) is 13.7. The summed E-state index contributed by atoms with van der Waals surface area (Å²) in [6, 6.07) is 12.2. The van der Waals surface area contributed by atoms with Crippen LogP contribution in [0.25, 0.3) is 16.6 Å². The third-order valence-electron chi connectivity index (χ3n) is 3.33. The molecule has 114 valence electrons. The van der Waals surface area contributed by atoms with Crippen LogP contribution in [0.1, 0.15) is 0 Å². The first-order valence-electron chi connectivity index (χ1n) is 6.66. The number of fused-ring (bicyclic) bond motifs is 1. The Morgan fingerprint density at radius 1 is 1.26 bits per heavy atom. The van der Waals surface area contributed by atoms with E-state index in [2.05, 4.69) is 26.2 Å². The molecule has 0 aliphatic carbocycles. The smallest absolute Gasteiger partial charge is 0.267 e. The maximum atomic E-state index is 12.9. The minimum atomic E-state index is -0.265. The van der Waals surface area contributed by atoms with E-state index in [1.165, 1.54) is 4.57 Å². The van der Waals surface area contributed by atoms with Crippen molar-refractivity contribution in [1.82, 2.24) is 9.55 Å². The molecular formula is C16H11BrN4O2. The lowest BCUT2D eigenvalue weighted by Gasteiger charge is -2.12. The molecule has 0 radical (unpaired) electrons. The van der Waals surface area contributed by atoms with Crippen LogP contribution in [-0.2, 0) is 0 Å². The Morgan fingerprint density at radius 2 is 2.00 bits per heavy atom. The maximum absolute atomic E-state index is 12.9. The average Bonchev–Trinajstić information content (AvgIpc) is 2.56. The van der Waals surface area contributed by atoms with Gasteiger partial charge in [-0.2, -0.15) is 5.26 Å². The molecule has 0 bridgehead atoms.